The van der Waals surface area contributed by atoms with Crippen LogP contribution in [0.4, 0.5) is 10.7 Å². The number of fused-ring (bicyclic) bond motifs is 1. The maximum absolute atomic E-state index is 12.1. The van der Waals surface area contributed by atoms with Gasteiger partial charge >= 0.3 is 6.09 Å². The molecular weight excluding hydrogens is 334 g/mol. The summed E-state index contributed by atoms with van der Waals surface area (Å²) in [6.45, 7) is 3.09. The molecule has 11 heteroatoms. The molecule has 0 saturated carbocycles. The Hall–Kier alpha value is -2.76. The summed E-state index contributed by atoms with van der Waals surface area (Å²) in [7, 11) is 0. The van der Waals surface area contributed by atoms with Gasteiger partial charge in [-0.15, -0.1) is 0 Å². The molecule has 3 atom stereocenters. The first-order chi connectivity index (χ1) is 12.0. The summed E-state index contributed by atoms with van der Waals surface area (Å²) in [6.07, 6.45) is -0.0711. The van der Waals surface area contributed by atoms with Crippen LogP contribution in [0.15, 0.2) is 23.8 Å². The maximum atomic E-state index is 12.1. The second kappa shape index (κ2) is 7.01. The molecule has 0 radical (unpaired) electrons. The summed E-state index contributed by atoms with van der Waals surface area (Å²) in [5.41, 5.74) is -0.339. The lowest BCUT2D eigenvalue weighted by Crippen LogP contribution is -2.24. The molecule has 0 spiro atoms. The van der Waals surface area contributed by atoms with Crippen LogP contribution in [-0.4, -0.2) is 61.2 Å². The zero-order chi connectivity index (χ0) is 18.0. The van der Waals surface area contributed by atoms with E-state index in [-0.39, 0.29) is 36.7 Å². The number of aromatic amines is 1. The van der Waals surface area contributed by atoms with E-state index in [1.807, 2.05) is 0 Å². The van der Waals surface area contributed by atoms with E-state index in [9.17, 15) is 19.8 Å². The third kappa shape index (κ3) is 3.38. The van der Waals surface area contributed by atoms with Crippen molar-refractivity contribution in [2.45, 2.75) is 24.9 Å². The van der Waals surface area contributed by atoms with E-state index >= 15 is 0 Å². The maximum Gasteiger partial charge on any atom is 0.414 e. The van der Waals surface area contributed by atoms with Gasteiger partial charge in [0.05, 0.1) is 19.0 Å². The van der Waals surface area contributed by atoms with Crippen LogP contribution in [0, 0.1) is 0 Å². The van der Waals surface area contributed by atoms with Crippen molar-refractivity contribution < 1.29 is 24.5 Å². The summed E-state index contributed by atoms with van der Waals surface area (Å²) in [6, 6.07) is 0. The van der Waals surface area contributed by atoms with E-state index in [4.69, 9.17) is 9.47 Å². The highest BCUT2D eigenvalue weighted by atomic mass is 16.5. The highest BCUT2D eigenvalue weighted by molar-refractivity contribution is 5.83. The van der Waals surface area contributed by atoms with Crippen LogP contribution in [0.25, 0.3) is 11.2 Å². The molecule has 2 aromatic rings. The summed E-state index contributed by atoms with van der Waals surface area (Å²) < 4.78 is 11.8. The Morgan fingerprint density at radius 3 is 3.12 bits per heavy atom. The third-order valence-electron chi connectivity index (χ3n) is 3.68. The number of carbonyl (C=O) groups is 1. The van der Waals surface area contributed by atoms with Crippen LogP contribution in [0.1, 0.15) is 12.6 Å². The number of H-pyrrole nitrogens is 1. The quantitative estimate of drug-likeness (QED) is 0.526. The van der Waals surface area contributed by atoms with Gasteiger partial charge in [0.1, 0.15) is 18.9 Å². The molecule has 3 rings (SSSR count). The first-order valence-electron chi connectivity index (χ1n) is 7.49. The van der Waals surface area contributed by atoms with E-state index in [1.54, 1.807) is 0 Å². The fourth-order valence-electron chi connectivity index (χ4n) is 2.51. The molecule has 0 aliphatic carbocycles. The van der Waals surface area contributed by atoms with E-state index in [1.165, 1.54) is 17.0 Å². The predicted octanol–water partition coefficient (Wildman–Crippen LogP) is -0.505. The Balaban J connectivity index is 1.90. The smallest absolute Gasteiger partial charge is 0.414 e. The Kier molecular flexibility index (Phi) is 4.79. The van der Waals surface area contributed by atoms with Crippen molar-refractivity contribution in [2.75, 3.05) is 18.5 Å². The lowest BCUT2D eigenvalue weighted by Gasteiger charge is -2.13. The first-order valence-corrected chi connectivity index (χ1v) is 7.49. The minimum absolute atomic E-state index is 0.00654. The number of rotatable bonds is 5. The zero-order valence-corrected chi connectivity index (χ0v) is 13.1. The highest BCUT2D eigenvalue weighted by Gasteiger charge is 2.35. The largest absolute Gasteiger partial charge is 0.445 e. The number of hydrogen-bond donors (Lipinski definition) is 4. The summed E-state index contributed by atoms with van der Waals surface area (Å²) >= 11 is 0. The molecule has 11 nitrogen and oxygen atoms in total. The number of carbonyl (C=O) groups excluding carboxylic acids is 1. The van der Waals surface area contributed by atoms with Crippen molar-refractivity contribution in [2.24, 2.45) is 0 Å². The molecule has 25 heavy (non-hydrogen) atoms. The van der Waals surface area contributed by atoms with Gasteiger partial charge in [0, 0.05) is 6.42 Å². The Bertz CT molecular complexity index is 846. The van der Waals surface area contributed by atoms with Crippen LogP contribution in [-0.2, 0) is 9.47 Å². The van der Waals surface area contributed by atoms with E-state index in [2.05, 4.69) is 26.8 Å². The third-order valence-corrected chi connectivity index (χ3v) is 3.68. The molecular formula is C14H17N5O6. The molecule has 1 fully saturated rings. The second-order valence-electron chi connectivity index (χ2n) is 5.37. The van der Waals surface area contributed by atoms with Crippen molar-refractivity contribution in [1.29, 1.82) is 0 Å². The van der Waals surface area contributed by atoms with Crippen molar-refractivity contribution in [3.63, 3.8) is 0 Å². The minimum atomic E-state index is -0.846. The number of imidazole rings is 1. The van der Waals surface area contributed by atoms with Crippen molar-refractivity contribution in [3.8, 4) is 0 Å². The fourth-order valence-corrected chi connectivity index (χ4v) is 2.51. The van der Waals surface area contributed by atoms with Gasteiger partial charge in [-0.05, 0) is 0 Å². The minimum Gasteiger partial charge on any atom is -0.445 e. The van der Waals surface area contributed by atoms with Crippen LogP contribution in [0.5, 0.6) is 0 Å². The number of anilines is 1. The Morgan fingerprint density at radius 2 is 2.44 bits per heavy atom. The molecule has 2 aromatic heterocycles. The topological polar surface area (TPSA) is 152 Å². The lowest BCUT2D eigenvalue weighted by atomic mass is 10.2. The molecule has 0 bridgehead atoms. The monoisotopic (exact) mass is 351 g/mol. The predicted molar refractivity (Wildman–Crippen MR) is 84.9 cm³/mol. The summed E-state index contributed by atoms with van der Waals surface area (Å²) in [5.74, 6) is -0.120. The zero-order valence-electron chi connectivity index (χ0n) is 13.1. The molecule has 1 aliphatic heterocycles. The number of nitrogens with one attached hydrogen (secondary N) is 2. The van der Waals surface area contributed by atoms with Gasteiger partial charge < -0.3 is 19.7 Å². The van der Waals surface area contributed by atoms with Gasteiger partial charge in [0.25, 0.3) is 5.56 Å². The van der Waals surface area contributed by atoms with Crippen molar-refractivity contribution >= 4 is 23.2 Å². The molecule has 1 aliphatic rings. The molecule has 134 valence electrons. The fraction of sp³-hybridized carbons (Fsp3) is 0.429. The average Bonchev–Trinajstić information content (AvgIpc) is 3.16. The SMILES string of the molecule is C=CCOC(=O)Nc1nc2c(ncn2[C@H]2CC(O)[C@@H](CO)O2)c(=O)[nH]1. The Labute approximate surface area is 140 Å². The normalized spacial score (nSPS) is 22.9. The molecule has 1 saturated heterocycles. The van der Waals surface area contributed by atoms with Crippen LogP contribution in [0.2, 0.25) is 0 Å². The lowest BCUT2D eigenvalue weighted by molar-refractivity contribution is -0.0432. The molecule has 1 unspecified atom stereocenters. The molecule has 0 aromatic carbocycles. The van der Waals surface area contributed by atoms with E-state index in [0.29, 0.717) is 0 Å². The number of aromatic nitrogens is 4. The average molecular weight is 351 g/mol. The van der Waals surface area contributed by atoms with Gasteiger partial charge in [-0.1, -0.05) is 12.7 Å². The first kappa shape index (κ1) is 17.1. The van der Waals surface area contributed by atoms with Crippen molar-refractivity contribution in [1.82, 2.24) is 19.5 Å². The van der Waals surface area contributed by atoms with E-state index < -0.39 is 30.1 Å². The second-order valence-corrected chi connectivity index (χ2v) is 5.37. The molecule has 1 amide bonds. The van der Waals surface area contributed by atoms with E-state index in [0.717, 1.165) is 0 Å². The highest BCUT2D eigenvalue weighted by Crippen LogP contribution is 2.30. The standard InChI is InChI=1S/C14H17N5O6/c1-2-3-24-14(23)18-13-16-11-10(12(22)17-13)15-6-19(11)9-4-7(21)8(5-20)25-9/h2,6-9,20-21H,1,3-5H2,(H2,16,17,18,22,23)/t7?,8-,9-/m1/s1. The number of amides is 1. The van der Waals surface area contributed by atoms with Gasteiger partial charge in [-0.3, -0.25) is 19.7 Å². The van der Waals surface area contributed by atoms with Crippen LogP contribution >= 0.6 is 0 Å². The number of hydrogen-bond acceptors (Lipinski definition) is 8. The molecule has 4 N–H and O–H groups in total. The van der Waals surface area contributed by atoms with Crippen LogP contribution in [0.3, 0.4) is 0 Å². The summed E-state index contributed by atoms with van der Waals surface area (Å²) in [5, 5.41) is 21.3. The Morgan fingerprint density at radius 1 is 1.64 bits per heavy atom. The van der Waals surface area contributed by atoms with Gasteiger partial charge in [0.15, 0.2) is 11.2 Å². The van der Waals surface area contributed by atoms with Gasteiger partial charge in [0.2, 0.25) is 5.95 Å². The number of nitrogens with zero attached hydrogens (tertiary/aromatic N) is 3. The van der Waals surface area contributed by atoms with Crippen LogP contribution < -0.4 is 10.9 Å². The van der Waals surface area contributed by atoms with Gasteiger partial charge in [-0.25, -0.2) is 9.78 Å². The number of aliphatic hydroxyl groups is 2. The molecule has 3 heterocycles. The number of aliphatic hydroxyl groups excluding tert-OH is 2. The number of ether oxygens (including phenoxy) is 2. The summed E-state index contributed by atoms with van der Waals surface area (Å²) in [4.78, 5) is 34.2. The van der Waals surface area contributed by atoms with Crippen molar-refractivity contribution in [3.05, 3.63) is 29.3 Å². The van der Waals surface area contributed by atoms with Gasteiger partial charge in [-0.2, -0.15) is 4.98 Å².